The Bertz CT molecular complexity index is 334. The quantitative estimate of drug-likeness (QED) is 0.772. The van der Waals surface area contributed by atoms with E-state index in [1.165, 1.54) is 32.4 Å². The standard InChI is InChI=1S/C12H21N3O/c1-12(2,3)11-13-10(14-16-11)9-15-7-5-4-6-8-15/h4-9H2,1-3H3. The Hall–Kier alpha value is -0.900. The summed E-state index contributed by atoms with van der Waals surface area (Å²) >= 11 is 0. The Morgan fingerprint density at radius 3 is 2.44 bits per heavy atom. The average molecular weight is 223 g/mol. The van der Waals surface area contributed by atoms with Crippen molar-refractivity contribution in [1.82, 2.24) is 15.0 Å². The lowest BCUT2D eigenvalue weighted by atomic mass is 9.97. The first-order valence-corrected chi connectivity index (χ1v) is 6.11. The summed E-state index contributed by atoms with van der Waals surface area (Å²) in [5.74, 6) is 1.56. The van der Waals surface area contributed by atoms with E-state index in [-0.39, 0.29) is 5.41 Å². The van der Waals surface area contributed by atoms with Gasteiger partial charge in [-0.25, -0.2) is 0 Å². The molecule has 1 aliphatic heterocycles. The van der Waals surface area contributed by atoms with E-state index in [0.717, 1.165) is 18.3 Å². The van der Waals surface area contributed by atoms with Crippen molar-refractivity contribution in [3.05, 3.63) is 11.7 Å². The van der Waals surface area contributed by atoms with E-state index in [1.807, 2.05) is 0 Å². The van der Waals surface area contributed by atoms with Crippen molar-refractivity contribution in [3.63, 3.8) is 0 Å². The van der Waals surface area contributed by atoms with E-state index >= 15 is 0 Å². The molecule has 0 aromatic carbocycles. The molecule has 0 spiro atoms. The van der Waals surface area contributed by atoms with Crippen LogP contribution >= 0.6 is 0 Å². The van der Waals surface area contributed by atoms with Gasteiger partial charge in [0.15, 0.2) is 5.82 Å². The minimum atomic E-state index is -0.0485. The number of hydrogen-bond donors (Lipinski definition) is 0. The molecule has 0 N–H and O–H groups in total. The average Bonchev–Trinajstić information content (AvgIpc) is 2.67. The van der Waals surface area contributed by atoms with Gasteiger partial charge in [0.25, 0.3) is 0 Å². The molecule has 2 heterocycles. The predicted octanol–water partition coefficient (Wildman–Crippen LogP) is 2.35. The number of nitrogens with zero attached hydrogens (tertiary/aromatic N) is 3. The van der Waals surface area contributed by atoms with Gasteiger partial charge in [-0.1, -0.05) is 32.3 Å². The summed E-state index contributed by atoms with van der Waals surface area (Å²) < 4.78 is 5.28. The molecule has 0 atom stereocenters. The largest absolute Gasteiger partial charge is 0.339 e. The van der Waals surface area contributed by atoms with E-state index in [9.17, 15) is 0 Å². The van der Waals surface area contributed by atoms with Crippen molar-refractivity contribution in [2.75, 3.05) is 13.1 Å². The second kappa shape index (κ2) is 4.53. The summed E-state index contributed by atoms with van der Waals surface area (Å²) in [6.45, 7) is 9.43. The van der Waals surface area contributed by atoms with Gasteiger partial charge in [0.05, 0.1) is 6.54 Å². The smallest absolute Gasteiger partial charge is 0.232 e. The van der Waals surface area contributed by atoms with Crippen LogP contribution in [0.15, 0.2) is 4.52 Å². The van der Waals surface area contributed by atoms with Crippen LogP contribution in [0.1, 0.15) is 51.7 Å². The molecule has 4 nitrogen and oxygen atoms in total. The molecule has 0 bridgehead atoms. The molecule has 0 radical (unpaired) electrons. The highest BCUT2D eigenvalue weighted by Crippen LogP contribution is 2.20. The normalized spacial score (nSPS) is 18.9. The second-order valence-electron chi connectivity index (χ2n) is 5.60. The molecular weight excluding hydrogens is 202 g/mol. The first kappa shape index (κ1) is 11.6. The van der Waals surface area contributed by atoms with Gasteiger partial charge in [0.2, 0.25) is 5.89 Å². The highest BCUT2D eigenvalue weighted by atomic mass is 16.5. The maximum Gasteiger partial charge on any atom is 0.232 e. The minimum absolute atomic E-state index is 0.0485. The highest BCUT2D eigenvalue weighted by Gasteiger charge is 2.22. The van der Waals surface area contributed by atoms with Crippen LogP contribution < -0.4 is 0 Å². The molecular formula is C12H21N3O. The van der Waals surface area contributed by atoms with E-state index in [1.54, 1.807) is 0 Å². The summed E-state index contributed by atoms with van der Waals surface area (Å²) in [6, 6.07) is 0. The third-order valence-electron chi connectivity index (χ3n) is 2.92. The van der Waals surface area contributed by atoms with E-state index in [0.29, 0.717) is 0 Å². The molecule has 1 fully saturated rings. The fraction of sp³-hybridized carbons (Fsp3) is 0.833. The van der Waals surface area contributed by atoms with Crippen LogP contribution in [0.25, 0.3) is 0 Å². The van der Waals surface area contributed by atoms with Gasteiger partial charge in [0, 0.05) is 5.41 Å². The van der Waals surface area contributed by atoms with Gasteiger partial charge < -0.3 is 4.52 Å². The maximum absolute atomic E-state index is 5.28. The van der Waals surface area contributed by atoms with Crippen LogP contribution in [0.5, 0.6) is 0 Å². The van der Waals surface area contributed by atoms with Crippen molar-refractivity contribution in [1.29, 1.82) is 0 Å². The molecule has 16 heavy (non-hydrogen) atoms. The molecule has 0 unspecified atom stereocenters. The van der Waals surface area contributed by atoms with Gasteiger partial charge in [-0.15, -0.1) is 0 Å². The van der Waals surface area contributed by atoms with Crippen molar-refractivity contribution < 1.29 is 4.52 Å². The van der Waals surface area contributed by atoms with Crippen LogP contribution in [-0.2, 0) is 12.0 Å². The zero-order valence-electron chi connectivity index (χ0n) is 10.5. The van der Waals surface area contributed by atoms with Gasteiger partial charge >= 0.3 is 0 Å². The first-order chi connectivity index (χ1) is 7.55. The monoisotopic (exact) mass is 223 g/mol. The molecule has 2 rings (SSSR count). The third kappa shape index (κ3) is 2.82. The fourth-order valence-corrected chi connectivity index (χ4v) is 1.94. The number of aromatic nitrogens is 2. The van der Waals surface area contributed by atoms with Crippen LogP contribution in [0, 0.1) is 0 Å². The summed E-state index contributed by atoms with van der Waals surface area (Å²) in [5.41, 5.74) is -0.0485. The second-order valence-corrected chi connectivity index (χ2v) is 5.60. The summed E-state index contributed by atoms with van der Waals surface area (Å²) in [4.78, 5) is 6.86. The van der Waals surface area contributed by atoms with Crippen LogP contribution in [0.4, 0.5) is 0 Å². The number of rotatable bonds is 2. The Morgan fingerprint density at radius 2 is 1.88 bits per heavy atom. The van der Waals surface area contributed by atoms with E-state index in [4.69, 9.17) is 4.52 Å². The topological polar surface area (TPSA) is 42.2 Å². The first-order valence-electron chi connectivity index (χ1n) is 6.11. The molecule has 1 aliphatic rings. The molecule has 4 heteroatoms. The molecule has 1 saturated heterocycles. The van der Waals surface area contributed by atoms with E-state index < -0.39 is 0 Å². The molecule has 1 aromatic heterocycles. The Labute approximate surface area is 97.0 Å². The highest BCUT2D eigenvalue weighted by molar-refractivity contribution is 4.98. The minimum Gasteiger partial charge on any atom is -0.339 e. The molecule has 1 aromatic rings. The van der Waals surface area contributed by atoms with E-state index in [2.05, 4.69) is 35.8 Å². The van der Waals surface area contributed by atoms with Crippen molar-refractivity contribution in [2.24, 2.45) is 0 Å². The summed E-state index contributed by atoms with van der Waals surface area (Å²) in [7, 11) is 0. The zero-order chi connectivity index (χ0) is 11.6. The number of piperidine rings is 1. The summed E-state index contributed by atoms with van der Waals surface area (Å²) in [6.07, 6.45) is 3.95. The number of likely N-dealkylation sites (tertiary alicyclic amines) is 1. The predicted molar refractivity (Wildman–Crippen MR) is 62.1 cm³/mol. The van der Waals surface area contributed by atoms with Crippen molar-refractivity contribution in [3.8, 4) is 0 Å². The lowest BCUT2D eigenvalue weighted by molar-refractivity contribution is 0.212. The molecule has 0 saturated carbocycles. The Balaban J connectivity index is 1.97. The van der Waals surface area contributed by atoms with Gasteiger partial charge in [-0.3, -0.25) is 4.90 Å². The van der Waals surface area contributed by atoms with Crippen molar-refractivity contribution in [2.45, 2.75) is 52.0 Å². The van der Waals surface area contributed by atoms with Gasteiger partial charge in [-0.2, -0.15) is 4.98 Å². The van der Waals surface area contributed by atoms with Gasteiger partial charge in [0.1, 0.15) is 0 Å². The Kier molecular flexibility index (Phi) is 3.28. The lowest BCUT2D eigenvalue weighted by Crippen LogP contribution is -2.29. The summed E-state index contributed by atoms with van der Waals surface area (Å²) in [5, 5.41) is 4.05. The van der Waals surface area contributed by atoms with Crippen LogP contribution in [0.2, 0.25) is 0 Å². The third-order valence-corrected chi connectivity index (χ3v) is 2.92. The molecule has 0 amide bonds. The SMILES string of the molecule is CC(C)(C)c1nc(CN2CCCCC2)no1. The fourth-order valence-electron chi connectivity index (χ4n) is 1.94. The maximum atomic E-state index is 5.28. The van der Waals surface area contributed by atoms with Gasteiger partial charge in [-0.05, 0) is 25.9 Å². The van der Waals surface area contributed by atoms with Crippen LogP contribution in [0.3, 0.4) is 0 Å². The zero-order valence-corrected chi connectivity index (χ0v) is 10.5. The Morgan fingerprint density at radius 1 is 1.19 bits per heavy atom. The lowest BCUT2D eigenvalue weighted by Gasteiger charge is -2.24. The van der Waals surface area contributed by atoms with Crippen molar-refractivity contribution >= 4 is 0 Å². The molecule has 90 valence electrons. The number of hydrogen-bond acceptors (Lipinski definition) is 4. The van der Waals surface area contributed by atoms with Crippen LogP contribution in [-0.4, -0.2) is 28.1 Å². The molecule has 0 aliphatic carbocycles.